The number of carbonyl (C=O) groups excluding carboxylic acids is 1. The quantitative estimate of drug-likeness (QED) is 0.802. The summed E-state index contributed by atoms with van der Waals surface area (Å²) >= 11 is 1.90. The maximum Gasteiger partial charge on any atom is 0.317 e. The van der Waals surface area contributed by atoms with E-state index in [1.54, 1.807) is 0 Å². The van der Waals surface area contributed by atoms with Gasteiger partial charge in [0.2, 0.25) is 0 Å². The third-order valence-corrected chi connectivity index (χ3v) is 4.60. The summed E-state index contributed by atoms with van der Waals surface area (Å²) in [5.74, 6) is 0. The zero-order chi connectivity index (χ0) is 10.8. The van der Waals surface area contributed by atoms with Crippen LogP contribution in [0.15, 0.2) is 0 Å². The number of amides is 2. The number of carbonyl (C=O) groups is 1. The normalized spacial score (nSPS) is 30.3. The zero-order valence-electron chi connectivity index (χ0n) is 9.53. The second-order valence-corrected chi connectivity index (χ2v) is 5.68. The number of hydrogen-bond donors (Lipinski definition) is 1. The van der Waals surface area contributed by atoms with Crippen LogP contribution in [-0.2, 0) is 0 Å². The molecule has 2 rings (SSSR count). The minimum atomic E-state index is 0.128. The van der Waals surface area contributed by atoms with Gasteiger partial charge in [-0.2, -0.15) is 11.8 Å². The summed E-state index contributed by atoms with van der Waals surface area (Å²) in [5.41, 5.74) is 0. The summed E-state index contributed by atoms with van der Waals surface area (Å²) in [6, 6.07) is 1.04. The van der Waals surface area contributed by atoms with Crippen molar-refractivity contribution in [3.63, 3.8) is 0 Å². The predicted octanol–water partition coefficient (Wildman–Crippen LogP) is 2.07. The maximum absolute atomic E-state index is 11.8. The lowest BCUT2D eigenvalue weighted by Crippen LogP contribution is -2.46. The molecule has 0 bridgehead atoms. The van der Waals surface area contributed by atoms with Crippen molar-refractivity contribution < 1.29 is 4.79 Å². The van der Waals surface area contributed by atoms with Gasteiger partial charge in [-0.3, -0.25) is 0 Å². The highest BCUT2D eigenvalue weighted by Gasteiger charge is 2.33. The lowest BCUT2D eigenvalue weighted by Gasteiger charge is -2.29. The van der Waals surface area contributed by atoms with Crippen molar-refractivity contribution in [1.82, 2.24) is 10.2 Å². The van der Waals surface area contributed by atoms with E-state index in [-0.39, 0.29) is 6.03 Å². The molecule has 0 aromatic carbocycles. The number of rotatable bonds is 3. The van der Waals surface area contributed by atoms with Gasteiger partial charge in [-0.15, -0.1) is 0 Å². The number of nitrogens with zero attached hydrogens (tertiary/aromatic N) is 1. The lowest BCUT2D eigenvalue weighted by atomic mass is 10.2. The second kappa shape index (κ2) is 4.64. The Bertz CT molecular complexity index is 243. The van der Waals surface area contributed by atoms with Gasteiger partial charge in [-0.1, -0.05) is 6.42 Å². The second-order valence-electron chi connectivity index (χ2n) is 4.61. The first-order valence-electron chi connectivity index (χ1n) is 5.78. The van der Waals surface area contributed by atoms with E-state index in [1.165, 1.54) is 19.3 Å². The molecular formula is C11H20N2OS. The minimum Gasteiger partial charge on any atom is -0.335 e. The Morgan fingerprint density at radius 2 is 2.07 bits per heavy atom. The minimum absolute atomic E-state index is 0.128. The Morgan fingerprint density at radius 1 is 1.33 bits per heavy atom. The fourth-order valence-electron chi connectivity index (χ4n) is 2.28. The summed E-state index contributed by atoms with van der Waals surface area (Å²) < 4.78 is 0. The number of hydrogen-bond acceptors (Lipinski definition) is 2. The van der Waals surface area contributed by atoms with Crippen LogP contribution in [0.3, 0.4) is 0 Å². The van der Waals surface area contributed by atoms with Crippen molar-refractivity contribution in [2.75, 3.05) is 13.3 Å². The third-order valence-electron chi connectivity index (χ3n) is 3.44. The summed E-state index contributed by atoms with van der Waals surface area (Å²) in [7, 11) is 1.94. The molecule has 2 fully saturated rings. The summed E-state index contributed by atoms with van der Waals surface area (Å²) in [4.78, 5) is 13.8. The molecule has 3 nitrogen and oxygen atoms in total. The Balaban J connectivity index is 1.87. The molecule has 0 saturated heterocycles. The van der Waals surface area contributed by atoms with Gasteiger partial charge in [0.15, 0.2) is 0 Å². The van der Waals surface area contributed by atoms with Crippen LogP contribution >= 0.6 is 11.8 Å². The smallest absolute Gasteiger partial charge is 0.317 e. The van der Waals surface area contributed by atoms with E-state index in [1.807, 2.05) is 23.7 Å². The highest BCUT2D eigenvalue weighted by molar-refractivity contribution is 7.99. The molecule has 2 aliphatic rings. The van der Waals surface area contributed by atoms with Gasteiger partial charge in [-0.25, -0.2) is 4.79 Å². The molecule has 0 aromatic heterocycles. The molecule has 0 spiro atoms. The van der Waals surface area contributed by atoms with Crippen molar-refractivity contribution >= 4 is 17.8 Å². The Hall–Kier alpha value is -0.380. The zero-order valence-corrected chi connectivity index (χ0v) is 10.3. The van der Waals surface area contributed by atoms with Gasteiger partial charge in [0.1, 0.15) is 0 Å². The largest absolute Gasteiger partial charge is 0.335 e. The molecule has 2 amide bonds. The fourth-order valence-corrected chi connectivity index (χ4v) is 3.31. The highest BCUT2D eigenvalue weighted by atomic mass is 32.2. The molecule has 2 saturated carbocycles. The average molecular weight is 228 g/mol. The van der Waals surface area contributed by atoms with E-state index in [4.69, 9.17) is 0 Å². The Kier molecular flexibility index (Phi) is 3.44. The molecule has 1 N–H and O–H groups in total. The summed E-state index contributed by atoms with van der Waals surface area (Å²) in [5, 5.41) is 3.69. The van der Waals surface area contributed by atoms with Gasteiger partial charge in [0.05, 0.1) is 0 Å². The number of urea groups is 1. The van der Waals surface area contributed by atoms with Crippen molar-refractivity contribution in [3.05, 3.63) is 0 Å². The lowest BCUT2D eigenvalue weighted by molar-refractivity contribution is 0.191. The highest BCUT2D eigenvalue weighted by Crippen LogP contribution is 2.31. The van der Waals surface area contributed by atoms with Gasteiger partial charge in [0, 0.05) is 24.4 Å². The van der Waals surface area contributed by atoms with E-state index in [2.05, 4.69) is 11.6 Å². The first kappa shape index (κ1) is 11.1. The van der Waals surface area contributed by atoms with Gasteiger partial charge in [-0.05, 0) is 31.9 Å². The number of nitrogens with one attached hydrogen (secondary N) is 1. The molecule has 86 valence electrons. The van der Waals surface area contributed by atoms with E-state index in [9.17, 15) is 4.79 Å². The first-order valence-corrected chi connectivity index (χ1v) is 7.07. The Labute approximate surface area is 96.0 Å². The van der Waals surface area contributed by atoms with Gasteiger partial charge in [0.25, 0.3) is 0 Å². The van der Waals surface area contributed by atoms with Crippen molar-refractivity contribution in [3.8, 4) is 0 Å². The summed E-state index contributed by atoms with van der Waals surface area (Å²) in [6.07, 6.45) is 8.16. The Morgan fingerprint density at radius 3 is 2.67 bits per heavy atom. The standard InChI is InChI=1S/C11H20N2OS/c1-13(11(14)12-8-6-7-8)9-4-3-5-10(9)15-2/h8-10H,3-7H2,1-2H3,(H,12,14)/t9-,10+/m1/s1. The monoisotopic (exact) mass is 228 g/mol. The topological polar surface area (TPSA) is 32.3 Å². The summed E-state index contributed by atoms with van der Waals surface area (Å²) in [6.45, 7) is 0. The molecular weight excluding hydrogens is 208 g/mol. The van der Waals surface area contributed by atoms with Crippen LogP contribution in [0.5, 0.6) is 0 Å². The number of thioether (sulfide) groups is 1. The SMILES string of the molecule is CS[C@H]1CCC[C@H]1N(C)C(=O)NC1CC1. The van der Waals surface area contributed by atoms with Crippen LogP contribution in [0.1, 0.15) is 32.1 Å². The average Bonchev–Trinajstić information content (AvgIpc) is 2.92. The fraction of sp³-hybridized carbons (Fsp3) is 0.909. The molecule has 4 heteroatoms. The van der Waals surface area contributed by atoms with Crippen LogP contribution in [0.2, 0.25) is 0 Å². The van der Waals surface area contributed by atoms with Crippen molar-refractivity contribution in [2.45, 2.75) is 49.4 Å². The first-order chi connectivity index (χ1) is 7.22. The van der Waals surface area contributed by atoms with E-state index < -0.39 is 0 Å². The van der Waals surface area contributed by atoms with E-state index >= 15 is 0 Å². The van der Waals surface area contributed by atoms with Crippen molar-refractivity contribution in [1.29, 1.82) is 0 Å². The molecule has 0 heterocycles. The van der Waals surface area contributed by atoms with Gasteiger partial charge >= 0.3 is 6.03 Å². The van der Waals surface area contributed by atoms with Gasteiger partial charge < -0.3 is 10.2 Å². The van der Waals surface area contributed by atoms with Crippen molar-refractivity contribution in [2.24, 2.45) is 0 Å². The van der Waals surface area contributed by atoms with Crippen LogP contribution < -0.4 is 5.32 Å². The van der Waals surface area contributed by atoms with Crippen LogP contribution in [0.4, 0.5) is 4.79 Å². The predicted molar refractivity (Wildman–Crippen MR) is 64.3 cm³/mol. The van der Waals surface area contributed by atoms with Crippen LogP contribution in [0.25, 0.3) is 0 Å². The maximum atomic E-state index is 11.8. The van der Waals surface area contributed by atoms with E-state index in [0.29, 0.717) is 17.3 Å². The molecule has 15 heavy (non-hydrogen) atoms. The third kappa shape index (κ3) is 2.60. The van der Waals surface area contributed by atoms with E-state index in [0.717, 1.165) is 12.8 Å². The molecule has 2 aliphatic carbocycles. The van der Waals surface area contributed by atoms with Crippen LogP contribution in [-0.4, -0.2) is 41.6 Å². The molecule has 0 aliphatic heterocycles. The molecule has 0 aromatic rings. The van der Waals surface area contributed by atoms with Crippen LogP contribution in [0, 0.1) is 0 Å². The molecule has 2 atom stereocenters. The molecule has 0 radical (unpaired) electrons. The molecule has 0 unspecified atom stereocenters.